The minimum Gasteiger partial charge on any atom is -0.398 e. The first-order chi connectivity index (χ1) is 10.3. The number of rotatable bonds is 5. The van der Waals surface area contributed by atoms with Gasteiger partial charge in [-0.05, 0) is 43.1 Å². The highest BCUT2D eigenvalue weighted by Crippen LogP contribution is 2.20. The van der Waals surface area contributed by atoms with Crippen molar-refractivity contribution in [2.75, 3.05) is 12.3 Å². The van der Waals surface area contributed by atoms with E-state index < -0.39 is 0 Å². The molecule has 0 aliphatic rings. The Kier molecular flexibility index (Phi) is 3.93. The summed E-state index contributed by atoms with van der Waals surface area (Å²) in [6, 6.07) is 16.7. The molecule has 0 spiro atoms. The van der Waals surface area contributed by atoms with Crippen molar-refractivity contribution >= 4 is 16.6 Å². The summed E-state index contributed by atoms with van der Waals surface area (Å²) in [6.07, 6.45) is 3.11. The molecule has 0 amide bonds. The van der Waals surface area contributed by atoms with Crippen molar-refractivity contribution in [2.24, 2.45) is 0 Å². The van der Waals surface area contributed by atoms with Crippen LogP contribution in [0, 0.1) is 0 Å². The van der Waals surface area contributed by atoms with Crippen LogP contribution >= 0.6 is 0 Å². The van der Waals surface area contributed by atoms with Gasteiger partial charge in [-0.1, -0.05) is 36.4 Å². The fourth-order valence-electron chi connectivity index (χ4n) is 2.78. The maximum atomic E-state index is 6.02. The number of para-hydroxylation sites is 2. The fourth-order valence-corrected chi connectivity index (χ4v) is 2.78. The highest BCUT2D eigenvalue weighted by atomic mass is 14.9. The molecule has 3 heteroatoms. The van der Waals surface area contributed by atoms with Gasteiger partial charge in [0.2, 0.25) is 0 Å². The smallest absolute Gasteiger partial charge is 0.0456 e. The van der Waals surface area contributed by atoms with Crippen molar-refractivity contribution < 1.29 is 0 Å². The van der Waals surface area contributed by atoms with Gasteiger partial charge in [0.15, 0.2) is 0 Å². The van der Waals surface area contributed by atoms with E-state index in [1.54, 1.807) is 0 Å². The Morgan fingerprint density at radius 2 is 1.86 bits per heavy atom. The molecule has 0 aliphatic heterocycles. The van der Waals surface area contributed by atoms with Gasteiger partial charge in [0.05, 0.1) is 0 Å². The zero-order chi connectivity index (χ0) is 14.7. The number of anilines is 1. The predicted molar refractivity (Wildman–Crippen MR) is 89.3 cm³/mol. The topological polar surface area (TPSA) is 53.8 Å². The van der Waals surface area contributed by atoms with Crippen LogP contribution in [0.2, 0.25) is 0 Å². The molecule has 1 atom stereocenters. The Morgan fingerprint density at radius 3 is 2.71 bits per heavy atom. The number of nitrogen functional groups attached to an aromatic ring is 1. The van der Waals surface area contributed by atoms with E-state index in [0.29, 0.717) is 0 Å². The minimum atomic E-state index is 0.261. The number of hydrogen-bond acceptors (Lipinski definition) is 2. The van der Waals surface area contributed by atoms with Crippen LogP contribution in [-0.4, -0.2) is 11.5 Å². The Labute approximate surface area is 125 Å². The largest absolute Gasteiger partial charge is 0.398 e. The van der Waals surface area contributed by atoms with E-state index in [4.69, 9.17) is 5.73 Å². The number of fused-ring (bicyclic) bond motifs is 1. The second-order valence-electron chi connectivity index (χ2n) is 5.41. The zero-order valence-corrected chi connectivity index (χ0v) is 12.3. The summed E-state index contributed by atoms with van der Waals surface area (Å²) in [4.78, 5) is 3.32. The van der Waals surface area contributed by atoms with Gasteiger partial charge in [-0.2, -0.15) is 0 Å². The van der Waals surface area contributed by atoms with E-state index in [1.807, 2.05) is 18.2 Å². The van der Waals surface area contributed by atoms with E-state index in [9.17, 15) is 0 Å². The van der Waals surface area contributed by atoms with Gasteiger partial charge in [0.1, 0.15) is 0 Å². The normalized spacial score (nSPS) is 12.6. The summed E-state index contributed by atoms with van der Waals surface area (Å²) in [5, 5.41) is 4.86. The molecule has 3 rings (SSSR count). The van der Waals surface area contributed by atoms with E-state index in [2.05, 4.69) is 53.8 Å². The van der Waals surface area contributed by atoms with E-state index in [1.165, 1.54) is 16.5 Å². The number of benzene rings is 2. The molecule has 2 aromatic carbocycles. The van der Waals surface area contributed by atoms with Gasteiger partial charge >= 0.3 is 0 Å². The summed E-state index contributed by atoms with van der Waals surface area (Å²) < 4.78 is 0. The van der Waals surface area contributed by atoms with Gasteiger partial charge in [-0.15, -0.1) is 0 Å². The molecule has 0 unspecified atom stereocenters. The lowest BCUT2D eigenvalue weighted by molar-refractivity contribution is 0.579. The van der Waals surface area contributed by atoms with E-state index in [0.717, 1.165) is 24.2 Å². The van der Waals surface area contributed by atoms with Crippen molar-refractivity contribution in [2.45, 2.75) is 19.4 Å². The number of aromatic nitrogens is 1. The van der Waals surface area contributed by atoms with Crippen molar-refractivity contribution in [3.05, 3.63) is 65.9 Å². The summed E-state index contributed by atoms with van der Waals surface area (Å²) >= 11 is 0. The maximum Gasteiger partial charge on any atom is 0.0456 e. The molecule has 3 aromatic rings. The molecular weight excluding hydrogens is 258 g/mol. The molecule has 0 aliphatic carbocycles. The SMILES string of the molecule is C[C@@H](NCCc1c[nH]c2ccccc12)c1ccccc1N. The monoisotopic (exact) mass is 279 g/mol. The summed E-state index contributed by atoms with van der Waals surface area (Å²) in [6.45, 7) is 3.08. The van der Waals surface area contributed by atoms with Crippen LogP contribution in [0.5, 0.6) is 0 Å². The molecule has 1 aromatic heterocycles. The summed E-state index contributed by atoms with van der Waals surface area (Å²) in [5.41, 5.74) is 10.6. The lowest BCUT2D eigenvalue weighted by atomic mass is 10.1. The summed E-state index contributed by atoms with van der Waals surface area (Å²) in [7, 11) is 0. The second-order valence-corrected chi connectivity index (χ2v) is 5.41. The number of hydrogen-bond donors (Lipinski definition) is 3. The lowest BCUT2D eigenvalue weighted by Crippen LogP contribution is -2.22. The van der Waals surface area contributed by atoms with Gasteiger partial charge in [-0.25, -0.2) is 0 Å². The van der Waals surface area contributed by atoms with Gasteiger partial charge in [0, 0.05) is 28.8 Å². The van der Waals surface area contributed by atoms with Crippen molar-refractivity contribution in [1.82, 2.24) is 10.3 Å². The number of aromatic amines is 1. The molecule has 4 N–H and O–H groups in total. The van der Waals surface area contributed by atoms with Crippen molar-refractivity contribution in [1.29, 1.82) is 0 Å². The summed E-state index contributed by atoms with van der Waals surface area (Å²) in [5.74, 6) is 0. The quantitative estimate of drug-likeness (QED) is 0.624. The Bertz CT molecular complexity index is 730. The average molecular weight is 279 g/mol. The average Bonchev–Trinajstić information content (AvgIpc) is 2.91. The third-order valence-corrected chi connectivity index (χ3v) is 3.98. The molecule has 0 saturated heterocycles. The Morgan fingerprint density at radius 1 is 1.10 bits per heavy atom. The second kappa shape index (κ2) is 6.02. The molecule has 0 saturated carbocycles. The van der Waals surface area contributed by atoms with Crippen LogP contribution in [0.3, 0.4) is 0 Å². The highest BCUT2D eigenvalue weighted by Gasteiger charge is 2.08. The maximum absolute atomic E-state index is 6.02. The van der Waals surface area contributed by atoms with E-state index in [-0.39, 0.29) is 6.04 Å². The third-order valence-electron chi connectivity index (χ3n) is 3.98. The first-order valence-corrected chi connectivity index (χ1v) is 7.38. The molecule has 108 valence electrons. The highest BCUT2D eigenvalue weighted by molar-refractivity contribution is 5.83. The molecule has 1 heterocycles. The molecule has 0 bridgehead atoms. The fraction of sp³-hybridized carbons (Fsp3) is 0.222. The predicted octanol–water partition coefficient (Wildman–Crippen LogP) is 3.64. The van der Waals surface area contributed by atoms with Crippen LogP contribution in [0.4, 0.5) is 5.69 Å². The Hall–Kier alpha value is -2.26. The first-order valence-electron chi connectivity index (χ1n) is 7.38. The lowest BCUT2D eigenvalue weighted by Gasteiger charge is -2.16. The van der Waals surface area contributed by atoms with Crippen molar-refractivity contribution in [3.8, 4) is 0 Å². The van der Waals surface area contributed by atoms with Crippen LogP contribution in [0.15, 0.2) is 54.7 Å². The Balaban J connectivity index is 1.62. The van der Waals surface area contributed by atoms with E-state index >= 15 is 0 Å². The standard InChI is InChI=1S/C18H21N3/c1-13(15-6-2-4-8-17(15)19)20-11-10-14-12-21-18-9-5-3-7-16(14)18/h2-9,12-13,20-21H,10-11,19H2,1H3/t13-/m1/s1. The van der Waals surface area contributed by atoms with Crippen LogP contribution in [0.1, 0.15) is 24.1 Å². The molecular formula is C18H21N3. The minimum absolute atomic E-state index is 0.261. The first kappa shape index (κ1) is 13.7. The van der Waals surface area contributed by atoms with Gasteiger partial charge in [0.25, 0.3) is 0 Å². The molecule has 0 fully saturated rings. The number of nitrogens with one attached hydrogen (secondary N) is 2. The van der Waals surface area contributed by atoms with Crippen LogP contribution in [-0.2, 0) is 6.42 Å². The van der Waals surface area contributed by atoms with Gasteiger partial charge < -0.3 is 16.0 Å². The van der Waals surface area contributed by atoms with Gasteiger partial charge in [-0.3, -0.25) is 0 Å². The molecule has 0 radical (unpaired) electrons. The van der Waals surface area contributed by atoms with Crippen LogP contribution in [0.25, 0.3) is 10.9 Å². The number of nitrogens with two attached hydrogens (primary N) is 1. The zero-order valence-electron chi connectivity index (χ0n) is 12.3. The third kappa shape index (κ3) is 2.93. The molecule has 21 heavy (non-hydrogen) atoms. The van der Waals surface area contributed by atoms with Crippen molar-refractivity contribution in [3.63, 3.8) is 0 Å². The molecule has 3 nitrogen and oxygen atoms in total. The van der Waals surface area contributed by atoms with Crippen LogP contribution < -0.4 is 11.1 Å². The number of H-pyrrole nitrogens is 1.